The van der Waals surface area contributed by atoms with E-state index in [4.69, 9.17) is 0 Å². The first-order valence-electron chi connectivity index (χ1n) is 8.17. The molecule has 0 saturated heterocycles. The van der Waals surface area contributed by atoms with E-state index in [1.165, 1.54) is 13.1 Å². The molecule has 3 heterocycles. The number of nitrogens with zero attached hydrogens (tertiary/aromatic N) is 4. The van der Waals surface area contributed by atoms with Gasteiger partial charge in [0.2, 0.25) is 5.95 Å². The fourth-order valence-corrected chi connectivity index (χ4v) is 3.03. The summed E-state index contributed by atoms with van der Waals surface area (Å²) in [4.78, 5) is 30.3. The summed E-state index contributed by atoms with van der Waals surface area (Å²) in [6.45, 7) is 0.472. The van der Waals surface area contributed by atoms with Crippen LogP contribution >= 0.6 is 0 Å². The van der Waals surface area contributed by atoms with Crippen LogP contribution in [0.1, 0.15) is 18.0 Å². The van der Waals surface area contributed by atoms with Crippen molar-refractivity contribution in [2.24, 2.45) is 7.05 Å². The molecular formula is C18H16FN5O2. The van der Waals surface area contributed by atoms with E-state index >= 15 is 0 Å². The van der Waals surface area contributed by atoms with Crippen LogP contribution in [0.15, 0.2) is 57.8 Å². The predicted molar refractivity (Wildman–Crippen MR) is 94.4 cm³/mol. The lowest BCUT2D eigenvalue weighted by Gasteiger charge is -2.15. The molecule has 0 amide bonds. The predicted octanol–water partition coefficient (Wildman–Crippen LogP) is 1.63. The molecule has 1 aliphatic carbocycles. The molecule has 7 nitrogen and oxygen atoms in total. The van der Waals surface area contributed by atoms with Gasteiger partial charge in [-0.2, -0.15) is 9.49 Å². The topological polar surface area (TPSA) is 85.6 Å². The number of rotatable bonds is 3. The van der Waals surface area contributed by atoms with Crippen molar-refractivity contribution in [1.82, 2.24) is 24.3 Å². The van der Waals surface area contributed by atoms with Crippen molar-refractivity contribution in [3.8, 4) is 0 Å². The Morgan fingerprint density at radius 2 is 2.19 bits per heavy atom. The summed E-state index contributed by atoms with van der Waals surface area (Å²) in [6, 6.07) is 4.79. The zero-order chi connectivity index (χ0) is 18.3. The number of aromatic nitrogens is 5. The van der Waals surface area contributed by atoms with Gasteiger partial charge in [-0.15, -0.1) is 0 Å². The maximum absolute atomic E-state index is 13.3. The van der Waals surface area contributed by atoms with Crippen molar-refractivity contribution in [1.29, 1.82) is 0 Å². The molecule has 0 spiro atoms. The first-order chi connectivity index (χ1) is 12.5. The van der Waals surface area contributed by atoms with E-state index in [0.29, 0.717) is 24.0 Å². The first kappa shape index (κ1) is 16.2. The molecular weight excluding hydrogens is 337 g/mol. The number of nitrogens with one attached hydrogen (secondary N) is 1. The summed E-state index contributed by atoms with van der Waals surface area (Å²) in [6.07, 6.45) is 8.32. The van der Waals surface area contributed by atoms with E-state index in [-0.39, 0.29) is 17.1 Å². The van der Waals surface area contributed by atoms with Crippen LogP contribution in [0.3, 0.4) is 0 Å². The van der Waals surface area contributed by atoms with Gasteiger partial charge < -0.3 is 0 Å². The molecule has 0 aromatic carbocycles. The van der Waals surface area contributed by atoms with Crippen molar-refractivity contribution >= 4 is 11.0 Å². The van der Waals surface area contributed by atoms with E-state index in [9.17, 15) is 14.0 Å². The zero-order valence-electron chi connectivity index (χ0n) is 14.0. The average Bonchev–Trinajstić information content (AvgIpc) is 3.03. The monoisotopic (exact) mass is 353 g/mol. The van der Waals surface area contributed by atoms with E-state index in [1.54, 1.807) is 16.9 Å². The number of aromatic amines is 1. The lowest BCUT2D eigenvalue weighted by molar-refractivity contribution is 0.571. The second-order valence-corrected chi connectivity index (χ2v) is 6.25. The third kappa shape index (κ3) is 2.90. The van der Waals surface area contributed by atoms with Crippen LogP contribution in [-0.2, 0) is 13.6 Å². The number of halogens is 1. The highest BCUT2D eigenvalue weighted by molar-refractivity contribution is 5.72. The maximum Gasteiger partial charge on any atom is 0.329 e. The van der Waals surface area contributed by atoms with Crippen molar-refractivity contribution in [2.75, 3.05) is 0 Å². The highest BCUT2D eigenvalue weighted by atomic mass is 19.1. The summed E-state index contributed by atoms with van der Waals surface area (Å²) in [5.74, 6) is -0.445. The molecule has 3 aromatic heterocycles. The number of pyridine rings is 1. The fraction of sp³-hybridized carbons (Fsp3) is 0.222. The van der Waals surface area contributed by atoms with Crippen LogP contribution in [0.4, 0.5) is 4.39 Å². The Labute approximate surface area is 147 Å². The van der Waals surface area contributed by atoms with E-state index in [0.717, 1.165) is 10.1 Å². The Morgan fingerprint density at radius 3 is 2.92 bits per heavy atom. The molecule has 26 heavy (non-hydrogen) atoms. The summed E-state index contributed by atoms with van der Waals surface area (Å²) < 4.78 is 15.9. The molecule has 1 aliphatic rings. The minimum atomic E-state index is -0.491. The van der Waals surface area contributed by atoms with Gasteiger partial charge in [-0.25, -0.2) is 9.78 Å². The number of hydrogen-bond donors (Lipinski definition) is 1. The Balaban J connectivity index is 1.55. The van der Waals surface area contributed by atoms with Crippen LogP contribution in [0.25, 0.3) is 11.0 Å². The van der Waals surface area contributed by atoms with Crippen LogP contribution in [-0.4, -0.2) is 24.3 Å². The highest BCUT2D eigenvalue weighted by Gasteiger charge is 2.14. The first-order valence-corrected chi connectivity index (χ1v) is 8.17. The van der Waals surface area contributed by atoms with Gasteiger partial charge in [-0.3, -0.25) is 19.0 Å². The molecule has 1 atom stereocenters. The second kappa shape index (κ2) is 6.21. The van der Waals surface area contributed by atoms with Crippen molar-refractivity contribution in [3.05, 3.63) is 80.7 Å². The van der Waals surface area contributed by atoms with Crippen molar-refractivity contribution < 1.29 is 4.39 Å². The number of hydrogen-bond acceptors (Lipinski definition) is 4. The molecule has 0 bridgehead atoms. The van der Waals surface area contributed by atoms with E-state index < -0.39 is 11.6 Å². The number of H-pyrrole nitrogens is 1. The molecule has 3 aromatic rings. The minimum absolute atomic E-state index is 0.0368. The fourth-order valence-electron chi connectivity index (χ4n) is 3.03. The molecule has 0 saturated carbocycles. The molecule has 1 N–H and O–H groups in total. The molecule has 132 valence electrons. The minimum Gasteiger partial charge on any atom is -0.290 e. The third-order valence-electron chi connectivity index (χ3n) is 4.46. The Hall–Kier alpha value is -3.29. The van der Waals surface area contributed by atoms with Crippen molar-refractivity contribution in [3.63, 3.8) is 0 Å². The van der Waals surface area contributed by atoms with Crippen LogP contribution in [0.2, 0.25) is 0 Å². The zero-order valence-corrected chi connectivity index (χ0v) is 14.0. The SMILES string of the molecule is Cn1c(=O)[nH]c2nn(CC3=CCC(c4cccc(F)n4)C=C3)cc2c1=O. The Bertz CT molecular complexity index is 1170. The third-order valence-corrected chi connectivity index (χ3v) is 4.46. The van der Waals surface area contributed by atoms with Gasteiger partial charge in [-0.05, 0) is 24.1 Å². The van der Waals surface area contributed by atoms with Crippen molar-refractivity contribution in [2.45, 2.75) is 18.9 Å². The normalized spacial score (nSPS) is 16.8. The van der Waals surface area contributed by atoms with Gasteiger partial charge >= 0.3 is 5.69 Å². The lowest BCUT2D eigenvalue weighted by Crippen LogP contribution is -2.31. The Morgan fingerprint density at radius 1 is 1.35 bits per heavy atom. The number of allylic oxidation sites excluding steroid dienone is 4. The van der Waals surface area contributed by atoms with Crippen LogP contribution < -0.4 is 11.2 Å². The molecule has 0 radical (unpaired) electrons. The quantitative estimate of drug-likeness (QED) is 0.725. The summed E-state index contributed by atoms with van der Waals surface area (Å²) in [5, 5.41) is 4.64. The Kier molecular flexibility index (Phi) is 3.87. The van der Waals surface area contributed by atoms with Gasteiger partial charge in [0.25, 0.3) is 5.56 Å². The van der Waals surface area contributed by atoms with E-state index in [2.05, 4.69) is 15.1 Å². The van der Waals surface area contributed by atoms with Crippen LogP contribution in [0.5, 0.6) is 0 Å². The average molecular weight is 353 g/mol. The van der Waals surface area contributed by atoms with Gasteiger partial charge in [0, 0.05) is 19.2 Å². The van der Waals surface area contributed by atoms with Gasteiger partial charge in [0.1, 0.15) is 5.39 Å². The van der Waals surface area contributed by atoms with Crippen LogP contribution in [0, 0.1) is 5.95 Å². The lowest BCUT2D eigenvalue weighted by atomic mass is 9.93. The standard InChI is InChI=1S/C18H16FN5O2/c1-23-17(25)13-10-24(22-16(13)21-18(23)26)9-11-5-7-12(8-6-11)14-3-2-4-15(19)20-14/h2-7,10,12H,8-9H2,1H3,(H,21,22,26). The number of fused-ring (bicyclic) bond motifs is 1. The maximum atomic E-state index is 13.3. The molecule has 4 rings (SSSR count). The molecule has 0 aliphatic heterocycles. The summed E-state index contributed by atoms with van der Waals surface area (Å²) in [5.41, 5.74) is 1.13. The smallest absolute Gasteiger partial charge is 0.290 e. The summed E-state index contributed by atoms with van der Waals surface area (Å²) >= 11 is 0. The van der Waals surface area contributed by atoms with E-state index in [1.807, 2.05) is 24.3 Å². The molecule has 1 unspecified atom stereocenters. The summed E-state index contributed by atoms with van der Waals surface area (Å²) in [7, 11) is 1.42. The molecule has 0 fully saturated rings. The second-order valence-electron chi connectivity index (χ2n) is 6.25. The van der Waals surface area contributed by atoms with Gasteiger partial charge in [0.15, 0.2) is 5.65 Å². The largest absolute Gasteiger partial charge is 0.329 e. The highest BCUT2D eigenvalue weighted by Crippen LogP contribution is 2.26. The molecule has 8 heteroatoms. The van der Waals surface area contributed by atoms with Gasteiger partial charge in [0.05, 0.1) is 12.2 Å². The van der Waals surface area contributed by atoms with Gasteiger partial charge in [-0.1, -0.05) is 24.3 Å².